The maximum absolute atomic E-state index is 13.0. The molecule has 2 saturated heterocycles. The van der Waals surface area contributed by atoms with Crippen LogP contribution in [-0.2, 0) is 19.6 Å². The molecule has 3 heterocycles. The van der Waals surface area contributed by atoms with E-state index in [1.54, 1.807) is 11.8 Å². The van der Waals surface area contributed by atoms with Gasteiger partial charge in [0.25, 0.3) is 0 Å². The summed E-state index contributed by atoms with van der Waals surface area (Å²) in [6.45, 7) is 8.38. The van der Waals surface area contributed by atoms with Crippen LogP contribution in [0.1, 0.15) is 39.7 Å². The van der Waals surface area contributed by atoms with Crippen molar-refractivity contribution in [3.63, 3.8) is 0 Å². The molecule has 7 heteroatoms. The normalized spacial score (nSPS) is 31.9. The number of hydrogen-bond acceptors (Lipinski definition) is 4. The SMILES string of the molecule is CC[Si](CC)(CC)OC12C[C@H]3C(=O)N[C@@H](C)C(=O)N3[C@H]1Nc1ccccc12. The van der Waals surface area contributed by atoms with Gasteiger partial charge in [-0.05, 0) is 31.1 Å². The highest BCUT2D eigenvalue weighted by Gasteiger charge is 2.64. The van der Waals surface area contributed by atoms with E-state index >= 15 is 0 Å². The van der Waals surface area contributed by atoms with Gasteiger partial charge in [-0.15, -0.1) is 0 Å². The molecular weight excluding hydrogens is 358 g/mol. The highest BCUT2D eigenvalue weighted by molar-refractivity contribution is 6.73. The Hall–Kier alpha value is -1.86. The first-order valence-corrected chi connectivity index (χ1v) is 12.6. The molecule has 3 aliphatic rings. The minimum atomic E-state index is -1.98. The number of piperazine rings is 1. The predicted octanol–water partition coefficient (Wildman–Crippen LogP) is 2.77. The molecule has 3 aliphatic heterocycles. The van der Waals surface area contributed by atoms with Gasteiger partial charge in [0.15, 0.2) is 8.32 Å². The van der Waals surface area contributed by atoms with Gasteiger partial charge in [-0.2, -0.15) is 0 Å². The smallest absolute Gasteiger partial charge is 0.247 e. The molecule has 1 unspecified atom stereocenters. The second kappa shape index (κ2) is 6.34. The van der Waals surface area contributed by atoms with E-state index in [9.17, 15) is 9.59 Å². The summed E-state index contributed by atoms with van der Waals surface area (Å²) in [6.07, 6.45) is 0.193. The van der Waals surface area contributed by atoms with Crippen molar-refractivity contribution in [3.05, 3.63) is 29.8 Å². The third-order valence-corrected chi connectivity index (χ3v) is 11.5. The molecule has 0 saturated carbocycles. The lowest BCUT2D eigenvalue weighted by molar-refractivity contribution is -0.148. The molecule has 27 heavy (non-hydrogen) atoms. The van der Waals surface area contributed by atoms with Gasteiger partial charge in [0, 0.05) is 17.7 Å². The lowest BCUT2D eigenvalue weighted by atomic mass is 9.91. The first-order valence-electron chi connectivity index (χ1n) is 10.1. The average molecular weight is 388 g/mol. The Kier molecular flexibility index (Phi) is 4.34. The molecule has 2 N–H and O–H groups in total. The Morgan fingerprint density at radius 2 is 1.81 bits per heavy atom. The van der Waals surface area contributed by atoms with E-state index < -0.39 is 26.0 Å². The van der Waals surface area contributed by atoms with Crippen molar-refractivity contribution >= 4 is 25.8 Å². The molecule has 0 radical (unpaired) electrons. The van der Waals surface area contributed by atoms with Crippen LogP contribution in [0, 0.1) is 0 Å². The number of nitrogens with one attached hydrogen (secondary N) is 2. The van der Waals surface area contributed by atoms with Crippen molar-refractivity contribution in [2.24, 2.45) is 0 Å². The summed E-state index contributed by atoms with van der Waals surface area (Å²) < 4.78 is 7.11. The van der Waals surface area contributed by atoms with E-state index in [1.165, 1.54) is 0 Å². The molecule has 0 aromatic heterocycles. The largest absolute Gasteiger partial charge is 0.403 e. The molecule has 1 aromatic rings. The number of hydrogen-bond donors (Lipinski definition) is 2. The van der Waals surface area contributed by atoms with Crippen molar-refractivity contribution in [3.8, 4) is 0 Å². The molecule has 0 aliphatic carbocycles. The van der Waals surface area contributed by atoms with Crippen molar-refractivity contribution in [1.82, 2.24) is 10.2 Å². The second-order valence-corrected chi connectivity index (χ2v) is 12.7. The molecule has 0 spiro atoms. The van der Waals surface area contributed by atoms with Crippen LogP contribution in [0.5, 0.6) is 0 Å². The summed E-state index contributed by atoms with van der Waals surface area (Å²) in [4.78, 5) is 27.5. The molecular formula is C20H29N3O3Si. The minimum Gasteiger partial charge on any atom is -0.403 e. The summed E-state index contributed by atoms with van der Waals surface area (Å²) in [7, 11) is -1.98. The quantitative estimate of drug-likeness (QED) is 0.762. The van der Waals surface area contributed by atoms with E-state index in [2.05, 4.69) is 37.5 Å². The maximum atomic E-state index is 13.0. The average Bonchev–Trinajstić information content (AvgIpc) is 3.15. The number of rotatable bonds is 5. The Balaban J connectivity index is 1.84. The zero-order chi connectivity index (χ0) is 19.4. The minimum absolute atomic E-state index is 0.0351. The fourth-order valence-corrected chi connectivity index (χ4v) is 8.08. The van der Waals surface area contributed by atoms with E-state index in [4.69, 9.17) is 4.43 Å². The van der Waals surface area contributed by atoms with Crippen LogP contribution < -0.4 is 10.6 Å². The number of carbonyl (C=O) groups excluding carboxylic acids is 2. The predicted molar refractivity (Wildman–Crippen MR) is 107 cm³/mol. The molecule has 146 valence electrons. The number of anilines is 1. The highest BCUT2D eigenvalue weighted by atomic mass is 28.4. The summed E-state index contributed by atoms with van der Waals surface area (Å²) >= 11 is 0. The Morgan fingerprint density at radius 3 is 2.48 bits per heavy atom. The maximum Gasteiger partial charge on any atom is 0.247 e. The van der Waals surface area contributed by atoms with Gasteiger partial charge in [0.2, 0.25) is 11.8 Å². The Morgan fingerprint density at radius 1 is 1.15 bits per heavy atom. The Labute approximate surface area is 161 Å². The number of fused-ring (bicyclic) bond motifs is 5. The van der Waals surface area contributed by atoms with E-state index in [0.29, 0.717) is 6.42 Å². The summed E-state index contributed by atoms with van der Waals surface area (Å²) in [5.41, 5.74) is 1.45. The molecule has 4 rings (SSSR count). The van der Waals surface area contributed by atoms with Crippen LogP contribution >= 0.6 is 0 Å². The van der Waals surface area contributed by atoms with E-state index in [-0.39, 0.29) is 18.0 Å². The van der Waals surface area contributed by atoms with Crippen molar-refractivity contribution in [2.45, 2.75) is 76.1 Å². The standard InChI is InChI=1S/C20H29N3O3Si/c1-5-27(6-2,7-3)26-20-12-16-17(24)21-13(4)18(25)23(16)19(20)22-15-11-9-8-10-14(15)20/h8-11,13,16,19,22H,5-7,12H2,1-4H3,(H,21,24)/t13-,16-,19+,20?/m0/s1. The number of amides is 2. The van der Waals surface area contributed by atoms with Gasteiger partial charge in [0.05, 0.1) is 0 Å². The fraction of sp³-hybridized carbons (Fsp3) is 0.600. The first-order chi connectivity index (χ1) is 12.9. The zero-order valence-corrected chi connectivity index (χ0v) is 17.5. The molecule has 0 bridgehead atoms. The first kappa shape index (κ1) is 18.5. The van der Waals surface area contributed by atoms with Gasteiger partial charge >= 0.3 is 0 Å². The number of para-hydroxylation sites is 1. The van der Waals surface area contributed by atoms with Crippen LogP contribution in [0.25, 0.3) is 0 Å². The van der Waals surface area contributed by atoms with Gasteiger partial charge in [0.1, 0.15) is 23.9 Å². The zero-order valence-electron chi connectivity index (χ0n) is 16.5. The Bertz CT molecular complexity index is 773. The van der Waals surface area contributed by atoms with Crippen LogP contribution in [0.3, 0.4) is 0 Å². The van der Waals surface area contributed by atoms with Crippen molar-refractivity contribution in [1.29, 1.82) is 0 Å². The summed E-state index contributed by atoms with van der Waals surface area (Å²) in [5.74, 6) is -0.109. The monoisotopic (exact) mass is 387 g/mol. The number of benzene rings is 1. The van der Waals surface area contributed by atoms with Crippen LogP contribution in [0.15, 0.2) is 24.3 Å². The molecule has 1 aromatic carbocycles. The molecule has 4 atom stereocenters. The van der Waals surface area contributed by atoms with Gasteiger partial charge in [-0.1, -0.05) is 39.0 Å². The lowest BCUT2D eigenvalue weighted by Crippen LogP contribution is -2.63. The molecule has 6 nitrogen and oxygen atoms in total. The fourth-order valence-electron chi connectivity index (χ4n) is 5.07. The topological polar surface area (TPSA) is 70.7 Å². The van der Waals surface area contributed by atoms with E-state index in [0.717, 1.165) is 29.4 Å². The molecule has 2 fully saturated rings. The number of nitrogens with zero attached hydrogens (tertiary/aromatic N) is 1. The van der Waals surface area contributed by atoms with Crippen LogP contribution in [0.2, 0.25) is 18.1 Å². The number of carbonyl (C=O) groups is 2. The second-order valence-electron chi connectivity index (χ2n) is 8.02. The third kappa shape index (κ3) is 2.47. The van der Waals surface area contributed by atoms with Gasteiger partial charge in [-0.3, -0.25) is 9.59 Å². The van der Waals surface area contributed by atoms with E-state index in [1.807, 2.05) is 18.2 Å². The van der Waals surface area contributed by atoms with Crippen LogP contribution in [-0.4, -0.2) is 43.3 Å². The molecule has 2 amide bonds. The summed E-state index contributed by atoms with van der Waals surface area (Å²) in [5, 5.41) is 6.36. The van der Waals surface area contributed by atoms with Gasteiger partial charge in [-0.25, -0.2) is 0 Å². The summed E-state index contributed by atoms with van der Waals surface area (Å²) in [6, 6.07) is 10.2. The van der Waals surface area contributed by atoms with Crippen molar-refractivity contribution < 1.29 is 14.0 Å². The van der Waals surface area contributed by atoms with Crippen molar-refractivity contribution in [2.75, 3.05) is 5.32 Å². The van der Waals surface area contributed by atoms with Crippen LogP contribution in [0.4, 0.5) is 5.69 Å². The van der Waals surface area contributed by atoms with Gasteiger partial charge < -0.3 is 20.0 Å². The highest BCUT2D eigenvalue weighted by Crippen LogP contribution is 2.54. The lowest BCUT2D eigenvalue weighted by Gasteiger charge is -2.41. The third-order valence-electron chi connectivity index (χ3n) is 6.85.